The number of carbonyl (C=O) groups excluding carboxylic acids is 3. The van der Waals surface area contributed by atoms with Crippen molar-refractivity contribution in [3.8, 4) is 0 Å². The fourth-order valence-corrected chi connectivity index (χ4v) is 4.45. The number of hydrogen-bond donors (Lipinski definition) is 2. The molecule has 1 heterocycles. The Kier molecular flexibility index (Phi) is 9.46. The van der Waals surface area contributed by atoms with Gasteiger partial charge < -0.3 is 25.3 Å². The molecule has 0 aromatic heterocycles. The lowest BCUT2D eigenvalue weighted by Gasteiger charge is -2.36. The zero-order valence-electron chi connectivity index (χ0n) is 22.5. The molecule has 1 fully saturated rings. The molecule has 220 valence electrons. The fourth-order valence-electron chi connectivity index (χ4n) is 4.45. The molecule has 2 N–H and O–H groups in total. The molecule has 4 amide bonds. The first-order valence-corrected chi connectivity index (χ1v) is 13.1. The lowest BCUT2D eigenvalue weighted by Crippen LogP contribution is -2.50. The Morgan fingerprint density at radius 1 is 0.881 bits per heavy atom. The maximum Gasteiger partial charge on any atom is 0.416 e. The number of piperazine rings is 1. The second kappa shape index (κ2) is 13.2. The molecule has 3 aromatic rings. The molecule has 1 aliphatic rings. The number of nitrogens with one attached hydrogen (secondary N) is 2. The summed E-state index contributed by atoms with van der Waals surface area (Å²) in [5.74, 6) is -1.76. The van der Waals surface area contributed by atoms with Gasteiger partial charge in [0.25, 0.3) is 5.91 Å². The van der Waals surface area contributed by atoms with E-state index in [-0.39, 0.29) is 24.3 Å². The Morgan fingerprint density at radius 2 is 1.57 bits per heavy atom. The van der Waals surface area contributed by atoms with Crippen molar-refractivity contribution in [2.75, 3.05) is 54.8 Å². The second-order valence-electron chi connectivity index (χ2n) is 9.53. The number of benzene rings is 3. The lowest BCUT2D eigenvalue weighted by molar-refractivity contribution is -0.137. The summed E-state index contributed by atoms with van der Waals surface area (Å²) >= 11 is 0. The van der Waals surface area contributed by atoms with Gasteiger partial charge in [-0.1, -0.05) is 24.3 Å². The lowest BCUT2D eigenvalue weighted by atomic mass is 10.2. The Hall–Kier alpha value is -4.87. The number of nitrogens with zero attached hydrogens (tertiary/aromatic N) is 3. The van der Waals surface area contributed by atoms with Gasteiger partial charge in [-0.25, -0.2) is 9.18 Å². The van der Waals surface area contributed by atoms with Crippen LogP contribution in [-0.2, 0) is 11.0 Å². The fraction of sp³-hybridized carbons (Fsp3) is 0.233. The highest BCUT2D eigenvalue weighted by molar-refractivity contribution is 5.99. The molecule has 12 heteroatoms. The van der Waals surface area contributed by atoms with Gasteiger partial charge in [-0.05, 0) is 54.6 Å². The SMILES string of the molecule is C=CCN(CC(=O)Nc1ccc(N2CCN(C(=O)Nc3cccc(C(F)(F)F)c3)CC2)cc1)C(=O)c1ccccc1F. The molecule has 0 unspecified atom stereocenters. The van der Waals surface area contributed by atoms with Crippen LogP contribution in [0.5, 0.6) is 0 Å². The smallest absolute Gasteiger partial charge is 0.368 e. The van der Waals surface area contributed by atoms with Crippen LogP contribution in [0.4, 0.5) is 39.4 Å². The van der Waals surface area contributed by atoms with Gasteiger partial charge in [0.05, 0.1) is 11.1 Å². The zero-order valence-corrected chi connectivity index (χ0v) is 22.5. The number of anilines is 3. The highest BCUT2D eigenvalue weighted by atomic mass is 19.4. The van der Waals surface area contributed by atoms with E-state index in [2.05, 4.69) is 17.2 Å². The monoisotopic (exact) mass is 583 g/mol. The second-order valence-corrected chi connectivity index (χ2v) is 9.53. The summed E-state index contributed by atoms with van der Waals surface area (Å²) in [7, 11) is 0. The summed E-state index contributed by atoms with van der Waals surface area (Å²) in [4.78, 5) is 42.8. The van der Waals surface area contributed by atoms with Crippen LogP contribution < -0.4 is 15.5 Å². The van der Waals surface area contributed by atoms with E-state index in [1.165, 1.54) is 46.2 Å². The number of rotatable bonds is 8. The van der Waals surface area contributed by atoms with E-state index < -0.39 is 35.4 Å². The molecule has 0 atom stereocenters. The van der Waals surface area contributed by atoms with E-state index >= 15 is 0 Å². The van der Waals surface area contributed by atoms with Crippen molar-refractivity contribution in [3.05, 3.63) is 102 Å². The molecule has 0 aliphatic carbocycles. The van der Waals surface area contributed by atoms with Gasteiger partial charge in [-0.15, -0.1) is 6.58 Å². The molecule has 0 saturated carbocycles. The molecule has 0 spiro atoms. The summed E-state index contributed by atoms with van der Waals surface area (Å²) < 4.78 is 52.9. The molecule has 8 nitrogen and oxygen atoms in total. The van der Waals surface area contributed by atoms with Crippen LogP contribution in [0, 0.1) is 5.82 Å². The Labute approximate surface area is 240 Å². The molecule has 3 aromatic carbocycles. The largest absolute Gasteiger partial charge is 0.416 e. The minimum absolute atomic E-state index is 0.0590. The highest BCUT2D eigenvalue weighted by Crippen LogP contribution is 2.30. The molecule has 42 heavy (non-hydrogen) atoms. The van der Waals surface area contributed by atoms with Crippen LogP contribution in [0.25, 0.3) is 0 Å². The first-order chi connectivity index (χ1) is 20.0. The first-order valence-electron chi connectivity index (χ1n) is 13.1. The number of halogens is 4. The summed E-state index contributed by atoms with van der Waals surface area (Å²) in [5, 5.41) is 5.25. The topological polar surface area (TPSA) is 85.0 Å². The Morgan fingerprint density at radius 3 is 2.21 bits per heavy atom. The summed E-state index contributed by atoms with van der Waals surface area (Å²) in [6.45, 7) is 5.07. The number of carbonyl (C=O) groups is 3. The van der Waals surface area contributed by atoms with Gasteiger partial charge in [0.15, 0.2) is 0 Å². The Balaban J connectivity index is 1.28. The minimum Gasteiger partial charge on any atom is -0.368 e. The van der Waals surface area contributed by atoms with Gasteiger partial charge >= 0.3 is 12.2 Å². The van der Waals surface area contributed by atoms with Crippen LogP contribution in [-0.4, -0.2) is 66.9 Å². The van der Waals surface area contributed by atoms with E-state index in [4.69, 9.17) is 0 Å². The summed E-state index contributed by atoms with van der Waals surface area (Å²) in [6.07, 6.45) is -3.05. The number of hydrogen-bond acceptors (Lipinski definition) is 4. The highest BCUT2D eigenvalue weighted by Gasteiger charge is 2.31. The van der Waals surface area contributed by atoms with Gasteiger partial charge in [0.2, 0.25) is 5.91 Å². The van der Waals surface area contributed by atoms with Crippen LogP contribution in [0.1, 0.15) is 15.9 Å². The third kappa shape index (κ3) is 7.65. The molecule has 0 radical (unpaired) electrons. The molecular weight excluding hydrogens is 554 g/mol. The maximum atomic E-state index is 14.1. The van der Waals surface area contributed by atoms with E-state index in [0.717, 1.165) is 17.8 Å². The molecule has 1 aliphatic heterocycles. The zero-order chi connectivity index (χ0) is 30.3. The third-order valence-electron chi connectivity index (χ3n) is 6.60. The van der Waals surface area contributed by atoms with Crippen molar-refractivity contribution < 1.29 is 31.9 Å². The van der Waals surface area contributed by atoms with Crippen molar-refractivity contribution in [1.82, 2.24) is 9.80 Å². The van der Waals surface area contributed by atoms with Crippen LogP contribution in [0.3, 0.4) is 0 Å². The Bertz CT molecular complexity index is 1440. The van der Waals surface area contributed by atoms with E-state index in [1.54, 1.807) is 30.3 Å². The van der Waals surface area contributed by atoms with Crippen molar-refractivity contribution in [3.63, 3.8) is 0 Å². The van der Waals surface area contributed by atoms with Gasteiger partial charge in [0, 0.05) is 49.8 Å². The molecule has 1 saturated heterocycles. The third-order valence-corrected chi connectivity index (χ3v) is 6.60. The average molecular weight is 584 g/mol. The predicted octanol–water partition coefficient (Wildman–Crippen LogP) is 5.47. The van der Waals surface area contributed by atoms with Crippen molar-refractivity contribution >= 4 is 34.9 Å². The molecular formula is C30H29F4N5O3. The quantitative estimate of drug-likeness (QED) is 0.272. The van der Waals surface area contributed by atoms with Gasteiger partial charge in [0.1, 0.15) is 12.4 Å². The van der Waals surface area contributed by atoms with Crippen LogP contribution in [0.15, 0.2) is 85.5 Å². The predicted molar refractivity (Wildman–Crippen MR) is 152 cm³/mol. The summed E-state index contributed by atoms with van der Waals surface area (Å²) in [6, 6.07) is 16.6. The molecule has 0 bridgehead atoms. The van der Waals surface area contributed by atoms with E-state index in [0.29, 0.717) is 31.9 Å². The number of alkyl halides is 3. The summed E-state index contributed by atoms with van der Waals surface area (Å²) in [5.41, 5.74) is 0.451. The van der Waals surface area contributed by atoms with Gasteiger partial charge in [-0.3, -0.25) is 9.59 Å². The average Bonchev–Trinajstić information content (AvgIpc) is 2.97. The minimum atomic E-state index is -4.50. The van der Waals surface area contributed by atoms with Crippen molar-refractivity contribution in [1.29, 1.82) is 0 Å². The van der Waals surface area contributed by atoms with Crippen molar-refractivity contribution in [2.24, 2.45) is 0 Å². The molecule has 4 rings (SSSR count). The maximum absolute atomic E-state index is 14.1. The van der Waals surface area contributed by atoms with Crippen LogP contribution >= 0.6 is 0 Å². The standard InChI is InChI=1S/C30H29F4N5O3/c1-2-14-39(28(41)25-8-3-4-9-26(25)31)20-27(40)35-22-10-12-24(13-11-22)37-15-17-38(18-16-37)29(42)36-23-7-5-6-21(19-23)30(32,33)34/h2-13,19H,1,14-18,20H2,(H,35,40)(H,36,42). The normalized spacial score (nSPS) is 13.3. The number of amides is 4. The van der Waals surface area contributed by atoms with Gasteiger partial charge in [-0.2, -0.15) is 13.2 Å². The van der Waals surface area contributed by atoms with E-state index in [1.807, 2.05) is 4.90 Å². The van der Waals surface area contributed by atoms with Crippen molar-refractivity contribution in [2.45, 2.75) is 6.18 Å². The van der Waals surface area contributed by atoms with Crippen LogP contribution in [0.2, 0.25) is 0 Å². The number of urea groups is 1. The van der Waals surface area contributed by atoms with E-state index in [9.17, 15) is 31.9 Å². The first kappa shape index (κ1) is 30.1.